The number of aliphatic hydroxyl groups excluding tert-OH is 1. The number of alkyl halides is 3. The van der Waals surface area contributed by atoms with Gasteiger partial charge >= 0.3 is 6.18 Å². The van der Waals surface area contributed by atoms with Crippen LogP contribution in [0.5, 0.6) is 5.75 Å². The molecule has 0 aliphatic heterocycles. The highest BCUT2D eigenvalue weighted by Gasteiger charge is 2.33. The lowest BCUT2D eigenvalue weighted by Gasteiger charge is -2.30. The quantitative estimate of drug-likeness (QED) is 0.396. The van der Waals surface area contributed by atoms with Crippen LogP contribution in [0.15, 0.2) is 71.1 Å². The molecule has 0 heterocycles. The molecular formula is C26H33F3N2O5S. The van der Waals surface area contributed by atoms with Gasteiger partial charge in [0.25, 0.3) is 0 Å². The van der Waals surface area contributed by atoms with Crippen LogP contribution in [-0.2, 0) is 21.2 Å². The van der Waals surface area contributed by atoms with Crippen LogP contribution in [-0.4, -0.2) is 62.3 Å². The Kier molecular flexibility index (Phi) is 10.7. The maximum Gasteiger partial charge on any atom is 0.412 e. The second-order valence-corrected chi connectivity index (χ2v) is 11.0. The number of nitrogens with one attached hydrogen (secondary N) is 1. The second kappa shape index (κ2) is 13.1. The molecule has 0 fully saturated rings. The molecule has 7 nitrogen and oxygen atoms in total. The molecule has 0 aliphatic rings. The summed E-state index contributed by atoms with van der Waals surface area (Å²) in [7, 11) is -2.59. The number of ether oxygens (including phenoxy) is 1. The summed E-state index contributed by atoms with van der Waals surface area (Å²) in [6.45, 7) is 4.10. The molecule has 2 aromatic rings. The average molecular weight is 543 g/mol. The number of carbonyl (C=O) groups is 1. The van der Waals surface area contributed by atoms with Crippen LogP contribution in [0, 0.1) is 5.92 Å². The Morgan fingerprint density at radius 1 is 1.08 bits per heavy atom. The van der Waals surface area contributed by atoms with Gasteiger partial charge < -0.3 is 15.2 Å². The van der Waals surface area contributed by atoms with Crippen LogP contribution in [0.3, 0.4) is 0 Å². The monoisotopic (exact) mass is 542 g/mol. The van der Waals surface area contributed by atoms with Crippen molar-refractivity contribution in [3.63, 3.8) is 0 Å². The number of hydrogen-bond donors (Lipinski definition) is 2. The first-order valence-corrected chi connectivity index (χ1v) is 13.1. The molecule has 2 aromatic carbocycles. The molecule has 1 amide bonds. The Bertz CT molecular complexity index is 1150. The van der Waals surface area contributed by atoms with E-state index < -0.39 is 39.8 Å². The predicted molar refractivity (Wildman–Crippen MR) is 134 cm³/mol. The van der Waals surface area contributed by atoms with Gasteiger partial charge in [-0.05, 0) is 49.1 Å². The van der Waals surface area contributed by atoms with E-state index in [1.807, 2.05) is 13.8 Å². The summed E-state index contributed by atoms with van der Waals surface area (Å²) in [5.41, 5.74) is -0.390. The van der Waals surface area contributed by atoms with Gasteiger partial charge in [-0.3, -0.25) is 4.79 Å². The number of halogens is 3. The Labute approximate surface area is 216 Å². The van der Waals surface area contributed by atoms with Gasteiger partial charge in [0, 0.05) is 24.7 Å². The van der Waals surface area contributed by atoms with Crippen molar-refractivity contribution in [2.24, 2.45) is 5.92 Å². The summed E-state index contributed by atoms with van der Waals surface area (Å²) in [6, 6.07) is 13.5. The molecule has 204 valence electrons. The molecule has 2 rings (SSSR count). The minimum Gasteiger partial charge on any atom is -0.497 e. The van der Waals surface area contributed by atoms with Crippen LogP contribution in [0.1, 0.15) is 26.3 Å². The molecule has 0 bridgehead atoms. The lowest BCUT2D eigenvalue weighted by atomic mass is 10.0. The molecule has 2 N–H and O–H groups in total. The van der Waals surface area contributed by atoms with Crippen molar-refractivity contribution in [2.75, 3.05) is 20.2 Å². The first kappa shape index (κ1) is 30.3. The highest BCUT2D eigenvalue weighted by atomic mass is 32.2. The zero-order chi connectivity index (χ0) is 27.8. The summed E-state index contributed by atoms with van der Waals surface area (Å²) in [5.74, 6) is -0.662. The number of amides is 1. The van der Waals surface area contributed by atoms with E-state index in [1.165, 1.54) is 31.4 Å². The fourth-order valence-corrected chi connectivity index (χ4v) is 5.19. The molecule has 0 spiro atoms. The van der Waals surface area contributed by atoms with E-state index in [4.69, 9.17) is 4.74 Å². The lowest BCUT2D eigenvalue weighted by molar-refractivity contribution is -0.119. The van der Waals surface area contributed by atoms with Crippen molar-refractivity contribution in [1.29, 1.82) is 0 Å². The molecule has 37 heavy (non-hydrogen) atoms. The van der Waals surface area contributed by atoms with Crippen molar-refractivity contribution < 1.29 is 36.2 Å². The zero-order valence-electron chi connectivity index (χ0n) is 21.2. The third kappa shape index (κ3) is 9.17. The topological polar surface area (TPSA) is 95.9 Å². The zero-order valence-corrected chi connectivity index (χ0v) is 22.0. The maximum absolute atomic E-state index is 13.4. The Morgan fingerprint density at radius 2 is 1.68 bits per heavy atom. The number of nitrogens with zero attached hydrogens (tertiary/aromatic N) is 1. The van der Waals surface area contributed by atoms with E-state index in [2.05, 4.69) is 5.32 Å². The highest BCUT2D eigenvalue weighted by Crippen LogP contribution is 2.25. The van der Waals surface area contributed by atoms with E-state index in [0.29, 0.717) is 17.4 Å². The number of aliphatic hydroxyl groups is 1. The van der Waals surface area contributed by atoms with Crippen molar-refractivity contribution >= 4 is 15.9 Å². The van der Waals surface area contributed by atoms with E-state index >= 15 is 0 Å². The first-order valence-electron chi connectivity index (χ1n) is 11.7. The van der Waals surface area contributed by atoms with Crippen LogP contribution in [0.25, 0.3) is 0 Å². The number of rotatable bonds is 12. The molecular weight excluding hydrogens is 509 g/mol. The van der Waals surface area contributed by atoms with Crippen LogP contribution in [0.2, 0.25) is 0 Å². The molecule has 2 atom stereocenters. The van der Waals surface area contributed by atoms with Crippen molar-refractivity contribution in [2.45, 2.75) is 50.4 Å². The van der Waals surface area contributed by atoms with Gasteiger partial charge in [0.2, 0.25) is 15.9 Å². The van der Waals surface area contributed by atoms with Gasteiger partial charge in [0.1, 0.15) is 5.75 Å². The highest BCUT2D eigenvalue weighted by molar-refractivity contribution is 7.89. The fraction of sp³-hybridized carbons (Fsp3) is 0.423. The SMILES string of the molecule is COc1ccc(S(=O)(=O)N(CC(C)C)CC(O)C(Cc2ccccc2)NC(=O)/C=C(/C)C(F)(F)F)cc1. The van der Waals surface area contributed by atoms with Crippen molar-refractivity contribution in [3.8, 4) is 5.75 Å². The van der Waals surface area contributed by atoms with Crippen LogP contribution < -0.4 is 10.1 Å². The van der Waals surface area contributed by atoms with Gasteiger partial charge in [-0.2, -0.15) is 17.5 Å². The number of hydrogen-bond acceptors (Lipinski definition) is 5. The Balaban J connectivity index is 2.35. The molecule has 0 aliphatic carbocycles. The number of allylic oxidation sites excluding steroid dienone is 1. The number of methoxy groups -OCH3 is 1. The van der Waals surface area contributed by atoms with Gasteiger partial charge in [-0.25, -0.2) is 8.42 Å². The summed E-state index contributed by atoms with van der Waals surface area (Å²) < 4.78 is 71.7. The number of carbonyl (C=O) groups excluding carboxylic acids is 1. The largest absolute Gasteiger partial charge is 0.497 e. The van der Waals surface area contributed by atoms with Crippen molar-refractivity contribution in [3.05, 3.63) is 71.8 Å². The first-order chi connectivity index (χ1) is 17.2. The fourth-order valence-electron chi connectivity index (χ4n) is 3.56. The molecule has 0 saturated heterocycles. The predicted octanol–water partition coefficient (Wildman–Crippen LogP) is 3.94. The lowest BCUT2D eigenvalue weighted by Crippen LogP contribution is -2.51. The van der Waals surface area contributed by atoms with Gasteiger partial charge in [0.15, 0.2) is 0 Å². The van der Waals surface area contributed by atoms with E-state index in [-0.39, 0.29) is 30.3 Å². The van der Waals surface area contributed by atoms with Crippen LogP contribution >= 0.6 is 0 Å². The van der Waals surface area contributed by atoms with E-state index in [1.54, 1.807) is 30.3 Å². The molecule has 11 heteroatoms. The van der Waals surface area contributed by atoms with E-state index in [0.717, 1.165) is 11.2 Å². The standard InChI is InChI=1S/C26H33F3N2O5S/c1-18(2)16-31(37(34,35)22-12-10-21(36-4)11-13-22)17-24(32)23(15-20-8-6-5-7-9-20)30-25(33)14-19(3)26(27,28)29/h5-14,18,23-24,32H,15-17H2,1-4H3,(H,30,33)/b19-14-. The number of sulfonamides is 1. The van der Waals surface area contributed by atoms with Gasteiger partial charge in [-0.1, -0.05) is 44.2 Å². The minimum absolute atomic E-state index is 0.00599. The molecule has 0 radical (unpaired) electrons. The number of benzene rings is 2. The second-order valence-electron chi connectivity index (χ2n) is 9.09. The average Bonchev–Trinajstić information content (AvgIpc) is 2.83. The Hall–Kier alpha value is -2.89. The third-order valence-corrected chi connectivity index (χ3v) is 7.39. The maximum atomic E-state index is 13.4. The summed E-state index contributed by atoms with van der Waals surface area (Å²) in [5, 5.41) is 13.5. The molecule has 2 unspecified atom stereocenters. The third-order valence-electron chi connectivity index (χ3n) is 5.54. The normalized spacial score (nSPS) is 14.5. The van der Waals surface area contributed by atoms with Gasteiger partial charge in [0.05, 0.1) is 24.2 Å². The summed E-state index contributed by atoms with van der Waals surface area (Å²) in [4.78, 5) is 12.4. The molecule has 0 aromatic heterocycles. The van der Waals surface area contributed by atoms with E-state index in [9.17, 15) is 31.5 Å². The van der Waals surface area contributed by atoms with Crippen LogP contribution in [0.4, 0.5) is 13.2 Å². The molecule has 0 saturated carbocycles. The summed E-state index contributed by atoms with van der Waals surface area (Å²) in [6.07, 6.45) is -5.60. The smallest absolute Gasteiger partial charge is 0.412 e. The van der Waals surface area contributed by atoms with Gasteiger partial charge in [-0.15, -0.1) is 0 Å². The Morgan fingerprint density at radius 3 is 2.19 bits per heavy atom. The minimum atomic E-state index is -4.68. The van der Waals surface area contributed by atoms with Crippen molar-refractivity contribution in [1.82, 2.24) is 9.62 Å². The summed E-state index contributed by atoms with van der Waals surface area (Å²) >= 11 is 0.